The molecule has 3 nitrogen and oxygen atoms in total. The molecule has 0 aliphatic carbocycles. The summed E-state index contributed by atoms with van der Waals surface area (Å²) < 4.78 is 6.39. The first-order valence-corrected chi connectivity index (χ1v) is 18.8. The van der Waals surface area contributed by atoms with E-state index in [0.29, 0.717) is 12.4 Å². The fourth-order valence-electron chi connectivity index (χ4n) is 6.33. The van der Waals surface area contributed by atoms with E-state index < -0.39 is 0 Å². The van der Waals surface area contributed by atoms with Crippen molar-refractivity contribution >= 4 is 0 Å². The molecule has 1 aromatic carbocycles. The summed E-state index contributed by atoms with van der Waals surface area (Å²) in [6, 6.07) is 0. The maximum atomic E-state index is 11.4. The van der Waals surface area contributed by atoms with E-state index in [2.05, 4.69) is 27.7 Å². The first kappa shape index (κ1) is 38.6. The number of phenols is 2. The molecule has 0 unspecified atom stereocenters. The SMILES string of the molecule is CCCCCCCCCOc1c(O)c(O)c(CCCCCCCC)c(CCCCCCCC)c1CCCCCCCC. The zero-order valence-electron chi connectivity index (χ0n) is 28.8. The van der Waals surface area contributed by atoms with E-state index >= 15 is 0 Å². The number of phenolic OH excluding ortho intramolecular Hbond substituents is 2. The molecule has 0 heterocycles. The van der Waals surface area contributed by atoms with Crippen LogP contribution in [-0.2, 0) is 19.3 Å². The lowest BCUT2D eigenvalue weighted by atomic mass is 9.88. The second-order valence-electron chi connectivity index (χ2n) is 13.0. The summed E-state index contributed by atoms with van der Waals surface area (Å²) in [7, 11) is 0. The normalized spacial score (nSPS) is 11.4. The Morgan fingerprint density at radius 3 is 1.12 bits per heavy atom. The van der Waals surface area contributed by atoms with Gasteiger partial charge in [0.05, 0.1) is 6.61 Å². The summed E-state index contributed by atoms with van der Waals surface area (Å²) in [5.41, 5.74) is 3.52. The number of rotatable bonds is 30. The third-order valence-electron chi connectivity index (χ3n) is 9.06. The van der Waals surface area contributed by atoms with Crippen molar-refractivity contribution < 1.29 is 14.9 Å². The van der Waals surface area contributed by atoms with Crippen LogP contribution in [-0.4, -0.2) is 16.8 Å². The smallest absolute Gasteiger partial charge is 0.201 e. The largest absolute Gasteiger partial charge is 0.504 e. The van der Waals surface area contributed by atoms with Gasteiger partial charge in [0.1, 0.15) is 0 Å². The van der Waals surface area contributed by atoms with Crippen LogP contribution in [0.2, 0.25) is 0 Å². The first-order chi connectivity index (χ1) is 20.6. The summed E-state index contributed by atoms with van der Waals surface area (Å²) in [6.45, 7) is 9.69. The maximum absolute atomic E-state index is 11.4. The van der Waals surface area contributed by atoms with Crippen LogP contribution >= 0.6 is 0 Å². The van der Waals surface area contributed by atoms with E-state index in [0.717, 1.165) is 50.5 Å². The number of ether oxygens (including phenoxy) is 1. The van der Waals surface area contributed by atoms with Crippen LogP contribution in [0.25, 0.3) is 0 Å². The standard InChI is InChI=1S/C39H72O3/c1-5-9-13-17-21-25-29-33-42-39-36(32-28-24-20-16-12-8-4)34(30-26-22-18-14-10-6-2)35(37(40)38(39)41)31-27-23-19-15-11-7-3/h40-41H,5-33H2,1-4H3. The van der Waals surface area contributed by atoms with Crippen molar-refractivity contribution in [2.75, 3.05) is 6.61 Å². The Kier molecular flexibility index (Phi) is 25.0. The summed E-state index contributed by atoms with van der Waals surface area (Å²) in [5, 5.41) is 22.7. The predicted octanol–water partition coefficient (Wildman–Crippen LogP) is 12.9. The van der Waals surface area contributed by atoms with Crippen LogP contribution in [0, 0.1) is 0 Å². The van der Waals surface area contributed by atoms with Gasteiger partial charge in [-0.05, 0) is 50.5 Å². The molecule has 0 aromatic heterocycles. The molecule has 0 atom stereocenters. The summed E-state index contributed by atoms with van der Waals surface area (Å²) in [6.07, 6.45) is 34.0. The van der Waals surface area contributed by atoms with E-state index in [1.54, 1.807) is 0 Å². The van der Waals surface area contributed by atoms with Gasteiger partial charge in [0.25, 0.3) is 0 Å². The molecular weight excluding hydrogens is 516 g/mol. The average molecular weight is 589 g/mol. The molecule has 0 radical (unpaired) electrons. The Hall–Kier alpha value is -1.38. The van der Waals surface area contributed by atoms with Gasteiger partial charge < -0.3 is 14.9 Å². The fourth-order valence-corrected chi connectivity index (χ4v) is 6.33. The van der Waals surface area contributed by atoms with Gasteiger partial charge in [0.2, 0.25) is 5.75 Å². The predicted molar refractivity (Wildman–Crippen MR) is 184 cm³/mol. The van der Waals surface area contributed by atoms with Gasteiger partial charge in [-0.3, -0.25) is 0 Å². The van der Waals surface area contributed by atoms with Crippen LogP contribution in [0.3, 0.4) is 0 Å². The number of unbranched alkanes of at least 4 members (excludes halogenated alkanes) is 21. The van der Waals surface area contributed by atoms with Gasteiger partial charge in [0.15, 0.2) is 11.5 Å². The van der Waals surface area contributed by atoms with Crippen LogP contribution < -0.4 is 4.74 Å². The lowest BCUT2D eigenvalue weighted by Gasteiger charge is -2.23. The van der Waals surface area contributed by atoms with Gasteiger partial charge in [-0.15, -0.1) is 0 Å². The van der Waals surface area contributed by atoms with Crippen molar-refractivity contribution in [3.05, 3.63) is 16.7 Å². The number of aromatic hydroxyl groups is 2. The van der Waals surface area contributed by atoms with Gasteiger partial charge >= 0.3 is 0 Å². The highest BCUT2D eigenvalue weighted by Crippen LogP contribution is 2.46. The van der Waals surface area contributed by atoms with E-state index in [1.165, 1.54) is 146 Å². The molecule has 0 saturated carbocycles. The highest BCUT2D eigenvalue weighted by molar-refractivity contribution is 5.62. The zero-order valence-corrected chi connectivity index (χ0v) is 28.8. The highest BCUT2D eigenvalue weighted by Gasteiger charge is 2.24. The van der Waals surface area contributed by atoms with Gasteiger partial charge in [-0.25, -0.2) is 0 Å². The van der Waals surface area contributed by atoms with Gasteiger partial charge in [-0.2, -0.15) is 0 Å². The second kappa shape index (κ2) is 27.2. The van der Waals surface area contributed by atoms with Crippen molar-refractivity contribution in [3.63, 3.8) is 0 Å². The van der Waals surface area contributed by atoms with Crippen molar-refractivity contribution in [2.24, 2.45) is 0 Å². The molecule has 1 rings (SSSR count). The number of hydrogen-bond donors (Lipinski definition) is 2. The summed E-state index contributed by atoms with van der Waals surface area (Å²) >= 11 is 0. The maximum Gasteiger partial charge on any atom is 0.201 e. The molecule has 3 heteroatoms. The summed E-state index contributed by atoms with van der Waals surface area (Å²) in [4.78, 5) is 0. The molecule has 0 spiro atoms. The van der Waals surface area contributed by atoms with Crippen molar-refractivity contribution in [1.29, 1.82) is 0 Å². The fraction of sp³-hybridized carbons (Fsp3) is 0.846. The van der Waals surface area contributed by atoms with E-state index in [4.69, 9.17) is 4.74 Å². The minimum absolute atomic E-state index is 0.00612. The molecule has 0 amide bonds. The van der Waals surface area contributed by atoms with E-state index in [9.17, 15) is 10.2 Å². The molecule has 42 heavy (non-hydrogen) atoms. The minimum Gasteiger partial charge on any atom is -0.504 e. The Balaban J connectivity index is 3.10. The average Bonchev–Trinajstić information content (AvgIpc) is 2.99. The van der Waals surface area contributed by atoms with Gasteiger partial charge in [0, 0.05) is 11.1 Å². The lowest BCUT2D eigenvalue weighted by Crippen LogP contribution is -2.08. The minimum atomic E-state index is 0.00612. The number of hydrogen-bond acceptors (Lipinski definition) is 3. The molecule has 246 valence electrons. The number of benzene rings is 1. The van der Waals surface area contributed by atoms with Crippen molar-refractivity contribution in [3.8, 4) is 17.2 Å². The molecule has 0 aliphatic heterocycles. The van der Waals surface area contributed by atoms with Gasteiger partial charge in [-0.1, -0.05) is 163 Å². The molecule has 0 bridgehead atoms. The van der Waals surface area contributed by atoms with Crippen molar-refractivity contribution in [1.82, 2.24) is 0 Å². The highest BCUT2D eigenvalue weighted by atomic mass is 16.5. The Labute approximate surface area is 262 Å². The monoisotopic (exact) mass is 589 g/mol. The van der Waals surface area contributed by atoms with Crippen LogP contribution in [0.5, 0.6) is 17.2 Å². The molecular formula is C39H72O3. The van der Waals surface area contributed by atoms with Crippen molar-refractivity contribution in [2.45, 2.75) is 207 Å². The third kappa shape index (κ3) is 17.0. The van der Waals surface area contributed by atoms with E-state index in [-0.39, 0.29) is 11.5 Å². The second-order valence-corrected chi connectivity index (χ2v) is 13.0. The Bertz CT molecular complexity index is 757. The molecule has 2 N–H and O–H groups in total. The first-order valence-electron chi connectivity index (χ1n) is 18.8. The molecule has 0 aliphatic rings. The third-order valence-corrected chi connectivity index (χ3v) is 9.06. The molecule has 0 fully saturated rings. The van der Waals surface area contributed by atoms with E-state index in [1.807, 2.05) is 0 Å². The van der Waals surface area contributed by atoms with Crippen LogP contribution in [0.1, 0.15) is 205 Å². The lowest BCUT2D eigenvalue weighted by molar-refractivity contribution is 0.278. The topological polar surface area (TPSA) is 49.7 Å². The van der Waals surface area contributed by atoms with Crippen LogP contribution in [0.15, 0.2) is 0 Å². The molecule has 0 saturated heterocycles. The quantitative estimate of drug-likeness (QED) is 0.0694. The van der Waals surface area contributed by atoms with Crippen LogP contribution in [0.4, 0.5) is 0 Å². The molecule has 1 aromatic rings. The zero-order chi connectivity index (χ0) is 30.7. The Morgan fingerprint density at radius 1 is 0.357 bits per heavy atom. The Morgan fingerprint density at radius 2 is 0.690 bits per heavy atom. The summed E-state index contributed by atoms with van der Waals surface area (Å²) in [5.74, 6) is 0.706.